The zero-order valence-corrected chi connectivity index (χ0v) is 7.36. The Balaban J connectivity index is 1.91. The summed E-state index contributed by atoms with van der Waals surface area (Å²) in [4.78, 5) is 13.6. The molecule has 0 radical (unpaired) electrons. The monoisotopic (exact) mass is 180 g/mol. The van der Waals surface area contributed by atoms with Crippen molar-refractivity contribution in [2.45, 2.75) is 12.8 Å². The zero-order valence-electron chi connectivity index (χ0n) is 7.36. The Bertz CT molecular complexity index is 276. The Labute approximate surface area is 76.1 Å². The van der Waals surface area contributed by atoms with Crippen LogP contribution in [0.25, 0.3) is 0 Å². The van der Waals surface area contributed by atoms with Crippen molar-refractivity contribution in [3.05, 3.63) is 11.9 Å². The minimum atomic E-state index is 0.0515. The fraction of sp³-hybridized carbons (Fsp3) is 0.625. The molecule has 0 unspecified atom stereocenters. The first kappa shape index (κ1) is 8.37. The highest BCUT2D eigenvalue weighted by molar-refractivity contribution is 5.95. The van der Waals surface area contributed by atoms with Crippen LogP contribution in [0.5, 0.6) is 0 Å². The summed E-state index contributed by atoms with van der Waals surface area (Å²) in [6.45, 7) is 2.54. The van der Waals surface area contributed by atoms with Gasteiger partial charge in [0.25, 0.3) is 0 Å². The molecule has 1 aliphatic rings. The molecule has 0 saturated carbocycles. The maximum absolute atomic E-state index is 11.5. The Morgan fingerprint density at radius 1 is 1.54 bits per heavy atom. The molecule has 0 spiro atoms. The van der Waals surface area contributed by atoms with E-state index in [4.69, 9.17) is 0 Å². The van der Waals surface area contributed by atoms with Gasteiger partial charge in [0.1, 0.15) is 5.69 Å². The summed E-state index contributed by atoms with van der Waals surface area (Å²) in [5, 5.41) is 9.72. The molecule has 1 aliphatic heterocycles. The van der Waals surface area contributed by atoms with Gasteiger partial charge in [-0.2, -0.15) is 0 Å². The van der Waals surface area contributed by atoms with Crippen LogP contribution in [0, 0.1) is 0 Å². The first-order valence-electron chi connectivity index (χ1n) is 4.48. The van der Waals surface area contributed by atoms with Gasteiger partial charge in [0.15, 0.2) is 5.78 Å². The summed E-state index contributed by atoms with van der Waals surface area (Å²) >= 11 is 0. The van der Waals surface area contributed by atoms with Crippen LogP contribution in [0.1, 0.15) is 23.3 Å². The summed E-state index contributed by atoms with van der Waals surface area (Å²) in [6, 6.07) is 0. The van der Waals surface area contributed by atoms with Crippen LogP contribution in [0.2, 0.25) is 0 Å². The third kappa shape index (κ3) is 1.92. The molecule has 0 amide bonds. The number of rotatable bonds is 3. The summed E-state index contributed by atoms with van der Waals surface area (Å²) in [5.41, 5.74) is 0.437. The molecule has 0 aromatic carbocycles. The molecule has 0 bridgehead atoms. The van der Waals surface area contributed by atoms with Gasteiger partial charge in [0.2, 0.25) is 0 Å². The predicted octanol–water partition coefficient (Wildman–Crippen LogP) is 0.0832. The number of nitrogens with one attached hydrogen (secondary N) is 1. The predicted molar refractivity (Wildman–Crippen MR) is 46.4 cm³/mol. The van der Waals surface area contributed by atoms with Crippen molar-refractivity contribution in [1.29, 1.82) is 0 Å². The number of hydrogen-bond acceptors (Lipinski definition) is 4. The number of H-pyrrole nitrogens is 1. The quantitative estimate of drug-likeness (QED) is 0.669. The van der Waals surface area contributed by atoms with Crippen LogP contribution >= 0.6 is 0 Å². The molecule has 1 aromatic heterocycles. The van der Waals surface area contributed by atoms with Gasteiger partial charge in [0.05, 0.1) is 12.7 Å². The first-order chi connectivity index (χ1) is 6.36. The third-order valence-corrected chi connectivity index (χ3v) is 2.27. The van der Waals surface area contributed by atoms with E-state index in [1.807, 2.05) is 0 Å². The van der Waals surface area contributed by atoms with Crippen LogP contribution in [0.3, 0.4) is 0 Å². The van der Waals surface area contributed by atoms with Crippen molar-refractivity contribution >= 4 is 5.78 Å². The van der Waals surface area contributed by atoms with E-state index >= 15 is 0 Å². The SMILES string of the molecule is O=C(CN1CCCC1)c1c[nH]nn1. The van der Waals surface area contributed by atoms with Crippen molar-refractivity contribution in [2.24, 2.45) is 0 Å². The second-order valence-electron chi connectivity index (χ2n) is 3.27. The molecular formula is C8H12N4O. The lowest BCUT2D eigenvalue weighted by molar-refractivity contribution is 0.0940. The standard InChI is InChI=1S/C8H12N4O/c13-8(7-5-9-11-10-7)6-12-3-1-2-4-12/h5H,1-4,6H2,(H,9,10,11). The maximum atomic E-state index is 11.5. The fourth-order valence-electron chi connectivity index (χ4n) is 1.56. The van der Waals surface area contributed by atoms with Gasteiger partial charge in [-0.05, 0) is 25.9 Å². The van der Waals surface area contributed by atoms with E-state index in [-0.39, 0.29) is 5.78 Å². The lowest BCUT2D eigenvalue weighted by Gasteiger charge is -2.11. The molecule has 70 valence electrons. The Morgan fingerprint density at radius 2 is 2.31 bits per heavy atom. The third-order valence-electron chi connectivity index (χ3n) is 2.27. The van der Waals surface area contributed by atoms with Crippen molar-refractivity contribution in [3.8, 4) is 0 Å². The van der Waals surface area contributed by atoms with Gasteiger partial charge in [0, 0.05) is 0 Å². The number of Topliss-reactive ketones (excluding diaryl/α,β-unsaturated/α-hetero) is 1. The number of carbonyl (C=O) groups is 1. The van der Waals surface area contributed by atoms with Crippen LogP contribution in [0.4, 0.5) is 0 Å². The average Bonchev–Trinajstić information content (AvgIpc) is 2.74. The van der Waals surface area contributed by atoms with Gasteiger partial charge in [-0.3, -0.25) is 14.8 Å². The lowest BCUT2D eigenvalue weighted by atomic mass is 10.3. The smallest absolute Gasteiger partial charge is 0.198 e. The van der Waals surface area contributed by atoms with E-state index < -0.39 is 0 Å². The highest BCUT2D eigenvalue weighted by atomic mass is 16.1. The van der Waals surface area contributed by atoms with Gasteiger partial charge in [-0.25, -0.2) is 0 Å². The van der Waals surface area contributed by atoms with Crippen molar-refractivity contribution < 1.29 is 4.79 Å². The number of ketones is 1. The Morgan fingerprint density at radius 3 is 2.92 bits per heavy atom. The highest BCUT2D eigenvalue weighted by Crippen LogP contribution is 2.07. The average molecular weight is 180 g/mol. The second kappa shape index (κ2) is 3.66. The zero-order chi connectivity index (χ0) is 9.10. The number of aromatic nitrogens is 3. The molecular weight excluding hydrogens is 168 g/mol. The molecule has 2 heterocycles. The van der Waals surface area contributed by atoms with Gasteiger partial charge >= 0.3 is 0 Å². The molecule has 1 saturated heterocycles. The van der Waals surface area contributed by atoms with Crippen LogP contribution in [-0.4, -0.2) is 45.7 Å². The Hall–Kier alpha value is -1.23. The summed E-state index contributed by atoms with van der Waals surface area (Å²) in [6.07, 6.45) is 3.94. The van der Waals surface area contributed by atoms with E-state index in [1.54, 1.807) is 6.20 Å². The van der Waals surface area contributed by atoms with Crippen molar-refractivity contribution in [1.82, 2.24) is 20.3 Å². The van der Waals surface area contributed by atoms with E-state index in [0.717, 1.165) is 13.1 Å². The van der Waals surface area contributed by atoms with Gasteiger partial charge < -0.3 is 0 Å². The molecule has 0 atom stereocenters. The molecule has 0 aliphatic carbocycles. The van der Waals surface area contributed by atoms with Gasteiger partial charge in [-0.1, -0.05) is 5.21 Å². The normalized spacial score (nSPS) is 17.8. The summed E-state index contributed by atoms with van der Waals surface area (Å²) in [5.74, 6) is 0.0515. The summed E-state index contributed by atoms with van der Waals surface area (Å²) < 4.78 is 0. The molecule has 1 aromatic rings. The largest absolute Gasteiger partial charge is 0.296 e. The molecule has 1 fully saturated rings. The Kier molecular flexibility index (Phi) is 2.35. The number of likely N-dealkylation sites (tertiary alicyclic amines) is 1. The first-order valence-corrected chi connectivity index (χ1v) is 4.48. The molecule has 2 rings (SSSR count). The molecule has 5 nitrogen and oxygen atoms in total. The maximum Gasteiger partial charge on any atom is 0.198 e. The minimum Gasteiger partial charge on any atom is -0.296 e. The topological polar surface area (TPSA) is 61.9 Å². The molecule has 1 N–H and O–H groups in total. The van der Waals surface area contributed by atoms with Crippen molar-refractivity contribution in [2.75, 3.05) is 19.6 Å². The van der Waals surface area contributed by atoms with Crippen molar-refractivity contribution in [3.63, 3.8) is 0 Å². The second-order valence-corrected chi connectivity index (χ2v) is 3.27. The number of nitrogens with zero attached hydrogens (tertiary/aromatic N) is 3. The van der Waals surface area contributed by atoms with E-state index in [1.165, 1.54) is 12.8 Å². The van der Waals surface area contributed by atoms with Crippen LogP contribution in [-0.2, 0) is 0 Å². The highest BCUT2D eigenvalue weighted by Gasteiger charge is 2.17. The van der Waals surface area contributed by atoms with Crippen LogP contribution < -0.4 is 0 Å². The van der Waals surface area contributed by atoms with E-state index in [0.29, 0.717) is 12.2 Å². The fourth-order valence-corrected chi connectivity index (χ4v) is 1.56. The number of hydrogen-bond donors (Lipinski definition) is 1. The van der Waals surface area contributed by atoms with Crippen LogP contribution in [0.15, 0.2) is 6.20 Å². The molecule has 5 heteroatoms. The van der Waals surface area contributed by atoms with Gasteiger partial charge in [-0.15, -0.1) is 5.10 Å². The molecule has 13 heavy (non-hydrogen) atoms. The van der Waals surface area contributed by atoms with E-state index in [2.05, 4.69) is 20.3 Å². The summed E-state index contributed by atoms with van der Waals surface area (Å²) in [7, 11) is 0. The minimum absolute atomic E-state index is 0.0515. The lowest BCUT2D eigenvalue weighted by Crippen LogP contribution is -2.27. The number of carbonyl (C=O) groups excluding carboxylic acids is 1. The number of aromatic amines is 1. The van der Waals surface area contributed by atoms with E-state index in [9.17, 15) is 4.79 Å².